The van der Waals surface area contributed by atoms with Gasteiger partial charge in [0.25, 0.3) is 0 Å². The van der Waals surface area contributed by atoms with E-state index in [2.05, 4.69) is 0 Å². The molecule has 0 fully saturated rings. The van der Waals surface area contributed by atoms with Crippen LogP contribution in [0.25, 0.3) is 6.08 Å². The lowest BCUT2D eigenvalue weighted by molar-refractivity contribution is 0.429. The van der Waals surface area contributed by atoms with E-state index in [9.17, 15) is 9.50 Å². The van der Waals surface area contributed by atoms with Crippen molar-refractivity contribution in [3.8, 4) is 5.75 Å². The normalized spacial score (nSPS) is 11.0. The van der Waals surface area contributed by atoms with Crippen LogP contribution in [0.3, 0.4) is 0 Å². The highest BCUT2D eigenvalue weighted by molar-refractivity contribution is 5.58. The fourth-order valence-electron chi connectivity index (χ4n) is 1.01. The van der Waals surface area contributed by atoms with Crippen molar-refractivity contribution < 1.29 is 9.50 Å². The van der Waals surface area contributed by atoms with Gasteiger partial charge in [0.05, 0.1) is 0 Å². The number of halogens is 1. The van der Waals surface area contributed by atoms with Gasteiger partial charge in [0.1, 0.15) is 0 Å². The van der Waals surface area contributed by atoms with Crippen molar-refractivity contribution in [3.63, 3.8) is 0 Å². The molecular weight excluding hydrogens is 169 g/mol. The number of hydrogen-bond acceptors (Lipinski definition) is 2. The average molecular weight is 181 g/mol. The molecule has 0 aliphatic rings. The Morgan fingerprint density at radius 1 is 1.54 bits per heavy atom. The highest BCUT2D eigenvalue weighted by Gasteiger charge is 2.06. The molecule has 0 aliphatic carbocycles. The minimum absolute atomic E-state index is 0.315. The summed E-state index contributed by atoms with van der Waals surface area (Å²) in [5.74, 6) is -0.885. The van der Waals surface area contributed by atoms with Crippen LogP contribution in [-0.4, -0.2) is 11.7 Å². The first-order chi connectivity index (χ1) is 6.16. The molecule has 0 atom stereocenters. The van der Waals surface area contributed by atoms with E-state index in [-0.39, 0.29) is 5.75 Å². The second kappa shape index (κ2) is 4.05. The fourth-order valence-corrected chi connectivity index (χ4v) is 1.01. The van der Waals surface area contributed by atoms with Gasteiger partial charge in [0.15, 0.2) is 11.6 Å². The summed E-state index contributed by atoms with van der Waals surface area (Å²) in [6.07, 6.45) is 3.25. The van der Waals surface area contributed by atoms with Gasteiger partial charge in [0.2, 0.25) is 0 Å². The average Bonchev–Trinajstić information content (AvgIpc) is 2.13. The molecule has 3 N–H and O–H groups in total. The third-order valence-corrected chi connectivity index (χ3v) is 1.77. The highest BCUT2D eigenvalue weighted by atomic mass is 19.1. The topological polar surface area (TPSA) is 46.2 Å². The van der Waals surface area contributed by atoms with Crippen molar-refractivity contribution in [2.24, 2.45) is 5.73 Å². The fraction of sp³-hybridized carbons (Fsp3) is 0.200. The molecule has 2 nitrogen and oxygen atoms in total. The van der Waals surface area contributed by atoms with Crippen LogP contribution in [0.2, 0.25) is 0 Å². The van der Waals surface area contributed by atoms with Crippen LogP contribution in [0.4, 0.5) is 4.39 Å². The molecule has 1 aromatic carbocycles. The monoisotopic (exact) mass is 181 g/mol. The van der Waals surface area contributed by atoms with Crippen molar-refractivity contribution in [2.75, 3.05) is 6.54 Å². The SMILES string of the molecule is Cc1ccc(/C=C/CN)c(O)c1F. The number of rotatable bonds is 2. The number of aromatic hydroxyl groups is 1. The van der Waals surface area contributed by atoms with Crippen LogP contribution < -0.4 is 5.73 Å². The van der Waals surface area contributed by atoms with Gasteiger partial charge in [-0.1, -0.05) is 24.3 Å². The number of hydrogen-bond donors (Lipinski definition) is 2. The molecule has 0 radical (unpaired) electrons. The lowest BCUT2D eigenvalue weighted by Gasteiger charge is -2.02. The summed E-state index contributed by atoms with van der Waals surface area (Å²) in [7, 11) is 0. The Morgan fingerprint density at radius 2 is 2.23 bits per heavy atom. The third kappa shape index (κ3) is 2.06. The van der Waals surface area contributed by atoms with Crippen LogP contribution in [0.15, 0.2) is 18.2 Å². The molecule has 3 heteroatoms. The second-order valence-electron chi connectivity index (χ2n) is 2.77. The quantitative estimate of drug-likeness (QED) is 0.730. The molecule has 0 saturated carbocycles. The molecule has 0 spiro atoms. The number of phenols is 1. The Morgan fingerprint density at radius 3 is 2.85 bits per heavy atom. The molecule has 0 aromatic heterocycles. The maximum absolute atomic E-state index is 13.1. The van der Waals surface area contributed by atoms with Gasteiger partial charge < -0.3 is 10.8 Å². The lowest BCUT2D eigenvalue weighted by atomic mass is 10.1. The van der Waals surface area contributed by atoms with Gasteiger partial charge in [-0.15, -0.1) is 0 Å². The van der Waals surface area contributed by atoms with E-state index >= 15 is 0 Å². The Bertz CT molecular complexity index is 334. The zero-order valence-electron chi connectivity index (χ0n) is 7.42. The van der Waals surface area contributed by atoms with E-state index in [0.29, 0.717) is 17.7 Å². The summed E-state index contributed by atoms with van der Waals surface area (Å²) in [6, 6.07) is 3.27. The van der Waals surface area contributed by atoms with Crippen LogP contribution >= 0.6 is 0 Å². The van der Waals surface area contributed by atoms with Crippen LogP contribution in [-0.2, 0) is 0 Å². The van der Waals surface area contributed by atoms with E-state index in [1.807, 2.05) is 0 Å². The minimum atomic E-state index is -0.570. The molecule has 0 heterocycles. The molecule has 0 saturated heterocycles. The van der Waals surface area contributed by atoms with E-state index < -0.39 is 5.82 Å². The summed E-state index contributed by atoms with van der Waals surface area (Å²) >= 11 is 0. The number of nitrogens with two attached hydrogens (primary N) is 1. The molecule has 0 amide bonds. The van der Waals surface area contributed by atoms with Crippen molar-refractivity contribution in [1.29, 1.82) is 0 Å². The maximum Gasteiger partial charge on any atom is 0.168 e. The summed E-state index contributed by atoms with van der Waals surface area (Å²) < 4.78 is 13.1. The van der Waals surface area contributed by atoms with E-state index in [0.717, 1.165) is 0 Å². The van der Waals surface area contributed by atoms with Crippen molar-refractivity contribution >= 4 is 6.08 Å². The van der Waals surface area contributed by atoms with Gasteiger partial charge >= 0.3 is 0 Å². The first-order valence-corrected chi connectivity index (χ1v) is 4.01. The van der Waals surface area contributed by atoms with Gasteiger partial charge in [-0.2, -0.15) is 0 Å². The van der Waals surface area contributed by atoms with Crippen LogP contribution in [0.5, 0.6) is 5.75 Å². The van der Waals surface area contributed by atoms with Gasteiger partial charge in [-0.25, -0.2) is 4.39 Å². The molecule has 0 unspecified atom stereocenters. The molecule has 0 aliphatic heterocycles. The number of phenolic OH excluding ortho intramolecular Hbond substituents is 1. The summed E-state index contributed by atoms with van der Waals surface area (Å²) in [5, 5.41) is 9.34. The van der Waals surface area contributed by atoms with E-state index in [4.69, 9.17) is 5.73 Å². The Labute approximate surface area is 76.5 Å². The second-order valence-corrected chi connectivity index (χ2v) is 2.77. The highest BCUT2D eigenvalue weighted by Crippen LogP contribution is 2.24. The Balaban J connectivity index is 3.11. The molecule has 1 aromatic rings. The Kier molecular flexibility index (Phi) is 3.03. The molecule has 0 bridgehead atoms. The van der Waals surface area contributed by atoms with Crippen LogP contribution in [0.1, 0.15) is 11.1 Å². The van der Waals surface area contributed by atoms with Crippen molar-refractivity contribution in [1.82, 2.24) is 0 Å². The Hall–Kier alpha value is -1.35. The maximum atomic E-state index is 13.1. The summed E-state index contributed by atoms with van der Waals surface area (Å²) in [4.78, 5) is 0. The smallest absolute Gasteiger partial charge is 0.168 e. The minimum Gasteiger partial charge on any atom is -0.504 e. The summed E-state index contributed by atoms with van der Waals surface area (Å²) in [6.45, 7) is 1.97. The number of aryl methyl sites for hydroxylation is 1. The van der Waals surface area contributed by atoms with Crippen molar-refractivity contribution in [3.05, 3.63) is 35.2 Å². The number of benzene rings is 1. The zero-order valence-corrected chi connectivity index (χ0v) is 7.42. The van der Waals surface area contributed by atoms with Gasteiger partial charge in [-0.05, 0) is 12.5 Å². The molecule has 1 rings (SSSR count). The van der Waals surface area contributed by atoms with E-state index in [1.54, 1.807) is 31.2 Å². The predicted octanol–water partition coefficient (Wildman–Crippen LogP) is 1.81. The zero-order chi connectivity index (χ0) is 9.84. The van der Waals surface area contributed by atoms with Gasteiger partial charge in [-0.3, -0.25) is 0 Å². The van der Waals surface area contributed by atoms with Crippen LogP contribution in [0, 0.1) is 12.7 Å². The molecule has 13 heavy (non-hydrogen) atoms. The van der Waals surface area contributed by atoms with Crippen molar-refractivity contribution in [2.45, 2.75) is 6.92 Å². The predicted molar refractivity (Wildman–Crippen MR) is 50.9 cm³/mol. The van der Waals surface area contributed by atoms with E-state index in [1.165, 1.54) is 0 Å². The standard InChI is InChI=1S/C10H12FNO/c1-7-4-5-8(3-2-6-12)10(13)9(7)11/h2-5,13H,6,12H2,1H3/b3-2+. The lowest BCUT2D eigenvalue weighted by Crippen LogP contribution is -1.92. The van der Waals surface area contributed by atoms with Gasteiger partial charge in [0, 0.05) is 12.1 Å². The molecular formula is C10H12FNO. The first kappa shape index (κ1) is 9.74. The largest absolute Gasteiger partial charge is 0.504 e. The first-order valence-electron chi connectivity index (χ1n) is 4.01. The molecule has 70 valence electrons. The third-order valence-electron chi connectivity index (χ3n) is 1.77. The summed E-state index contributed by atoms with van der Waals surface area (Å²) in [5.41, 5.74) is 6.12.